The topological polar surface area (TPSA) is 101 Å². The van der Waals surface area contributed by atoms with Crippen LogP contribution in [0.5, 0.6) is 0 Å². The number of fused-ring (bicyclic) bond motifs is 1. The van der Waals surface area contributed by atoms with Crippen LogP contribution in [0.25, 0.3) is 0 Å². The average molecular weight is 472 g/mol. The minimum Gasteiger partial charge on any atom is -0.316 e. The molecule has 0 saturated heterocycles. The van der Waals surface area contributed by atoms with Crippen molar-refractivity contribution in [3.05, 3.63) is 69.8 Å². The van der Waals surface area contributed by atoms with Gasteiger partial charge in [-0.3, -0.25) is 10.1 Å². The van der Waals surface area contributed by atoms with E-state index in [4.69, 9.17) is 0 Å². The first kappa shape index (κ1) is 23.9. The Labute approximate surface area is 196 Å². The summed E-state index contributed by atoms with van der Waals surface area (Å²) in [5.74, 6) is 1.60. The van der Waals surface area contributed by atoms with Crippen molar-refractivity contribution >= 4 is 15.7 Å². The molecule has 0 heterocycles. The third-order valence-electron chi connectivity index (χ3n) is 7.19. The molecule has 1 unspecified atom stereocenters. The number of benzene rings is 2. The monoisotopic (exact) mass is 471 g/mol. The summed E-state index contributed by atoms with van der Waals surface area (Å²) in [4.78, 5) is 10.2. The van der Waals surface area contributed by atoms with E-state index in [1.807, 2.05) is 0 Å². The number of hydrogen-bond acceptors (Lipinski definition) is 5. The van der Waals surface area contributed by atoms with Crippen LogP contribution >= 0.6 is 0 Å². The Morgan fingerprint density at radius 2 is 1.42 bits per heavy atom. The zero-order valence-corrected chi connectivity index (χ0v) is 19.7. The Morgan fingerprint density at radius 3 is 2.15 bits per heavy atom. The molecule has 0 amide bonds. The fourth-order valence-electron chi connectivity index (χ4n) is 5.22. The van der Waals surface area contributed by atoms with Crippen LogP contribution in [0.3, 0.4) is 0 Å². The van der Waals surface area contributed by atoms with Crippen molar-refractivity contribution in [3.8, 4) is 0 Å². The van der Waals surface area contributed by atoms with E-state index in [-0.39, 0.29) is 16.5 Å². The van der Waals surface area contributed by atoms with E-state index < -0.39 is 14.9 Å². The molecule has 0 aliphatic heterocycles. The number of hydrogen-bond donors (Lipinski definition) is 2. The summed E-state index contributed by atoms with van der Waals surface area (Å²) < 4.78 is 27.8. The number of para-hydroxylation sites is 1. The van der Waals surface area contributed by atoms with Gasteiger partial charge in [-0.2, -0.15) is 0 Å². The van der Waals surface area contributed by atoms with Crippen LogP contribution in [0, 0.1) is 27.9 Å². The molecular formula is C25H33N3O4S. The highest BCUT2D eigenvalue weighted by Gasteiger charge is 2.27. The fourth-order valence-corrected chi connectivity index (χ4v) is 6.51. The average Bonchev–Trinajstić information content (AvgIpc) is 2.83. The Kier molecular flexibility index (Phi) is 7.78. The quantitative estimate of drug-likeness (QED) is 0.424. The molecule has 8 heteroatoms. The number of nitrogens with one attached hydrogen (secondary N) is 2. The second kappa shape index (κ2) is 10.8. The predicted octanol–water partition coefficient (Wildman–Crippen LogP) is 4.07. The lowest BCUT2D eigenvalue weighted by Crippen LogP contribution is -2.35. The fraction of sp³-hybridized carbons (Fsp3) is 0.520. The molecule has 2 aromatic rings. The lowest BCUT2D eigenvalue weighted by Gasteiger charge is -2.30. The maximum absolute atomic E-state index is 12.6. The lowest BCUT2D eigenvalue weighted by atomic mass is 9.81. The number of sulfonamides is 1. The number of nitro groups is 1. The Balaban J connectivity index is 1.17. The number of nitrogens with zero attached hydrogens (tertiary/aromatic N) is 1. The number of aryl methyl sites for hydroxylation is 1. The molecule has 7 nitrogen and oxygen atoms in total. The molecule has 1 fully saturated rings. The van der Waals surface area contributed by atoms with Crippen LogP contribution in [-0.2, 0) is 22.9 Å². The first-order valence-electron chi connectivity index (χ1n) is 11.9. The zero-order valence-electron chi connectivity index (χ0n) is 18.9. The van der Waals surface area contributed by atoms with Crippen LogP contribution in [0.15, 0.2) is 53.4 Å². The van der Waals surface area contributed by atoms with Crippen molar-refractivity contribution < 1.29 is 13.3 Å². The van der Waals surface area contributed by atoms with Gasteiger partial charge in [0, 0.05) is 12.6 Å². The van der Waals surface area contributed by atoms with Gasteiger partial charge in [-0.15, -0.1) is 0 Å². The van der Waals surface area contributed by atoms with Gasteiger partial charge in [-0.1, -0.05) is 36.4 Å². The summed E-state index contributed by atoms with van der Waals surface area (Å²) in [6.07, 6.45) is 7.70. The van der Waals surface area contributed by atoms with Crippen LogP contribution in [0.1, 0.15) is 43.2 Å². The SMILES string of the molecule is O=[N+]([O-])c1ccccc1S(=O)(=O)NCC1CCC(CNCC2CCc3ccccc3C2)CC1. The van der Waals surface area contributed by atoms with E-state index in [1.54, 1.807) is 0 Å². The van der Waals surface area contributed by atoms with E-state index >= 15 is 0 Å². The van der Waals surface area contributed by atoms with Gasteiger partial charge in [-0.05, 0) is 93.0 Å². The van der Waals surface area contributed by atoms with E-state index in [9.17, 15) is 18.5 Å². The first-order valence-corrected chi connectivity index (χ1v) is 13.4. The Morgan fingerprint density at radius 1 is 0.818 bits per heavy atom. The van der Waals surface area contributed by atoms with Crippen LogP contribution in [-0.4, -0.2) is 33.0 Å². The molecule has 1 saturated carbocycles. The Hall–Kier alpha value is -2.29. The summed E-state index contributed by atoms with van der Waals surface area (Å²) in [6, 6.07) is 14.3. The summed E-state index contributed by atoms with van der Waals surface area (Å²) in [5.41, 5.74) is 2.62. The van der Waals surface area contributed by atoms with Crippen molar-refractivity contribution in [2.45, 2.75) is 49.8 Å². The molecule has 2 N–H and O–H groups in total. The van der Waals surface area contributed by atoms with E-state index in [0.717, 1.165) is 45.2 Å². The first-order chi connectivity index (χ1) is 15.9. The number of nitro benzene ring substituents is 1. The molecule has 2 aromatic carbocycles. The Bertz CT molecular complexity index is 1060. The van der Waals surface area contributed by atoms with Crippen LogP contribution in [0.4, 0.5) is 5.69 Å². The molecule has 2 aliphatic carbocycles. The largest absolute Gasteiger partial charge is 0.316 e. The van der Waals surface area contributed by atoms with Gasteiger partial charge in [0.15, 0.2) is 4.90 Å². The molecular weight excluding hydrogens is 438 g/mol. The van der Waals surface area contributed by atoms with Gasteiger partial charge >= 0.3 is 0 Å². The third kappa shape index (κ3) is 6.19. The third-order valence-corrected chi connectivity index (χ3v) is 8.67. The standard InChI is InChI=1S/C25H33N3O4S/c29-28(30)24-7-3-4-8-25(24)33(31,32)27-18-20-11-9-19(10-12-20)16-26-17-21-13-14-22-5-1-2-6-23(22)15-21/h1-8,19-21,26-27H,9-18H2. The molecule has 0 bridgehead atoms. The molecule has 178 valence electrons. The molecule has 0 spiro atoms. The van der Waals surface area contributed by atoms with Gasteiger partial charge in [0.25, 0.3) is 5.69 Å². The van der Waals surface area contributed by atoms with Crippen molar-refractivity contribution in [1.82, 2.24) is 10.0 Å². The number of rotatable bonds is 9. The summed E-state index contributed by atoms with van der Waals surface area (Å²) in [7, 11) is -3.90. The van der Waals surface area contributed by atoms with E-state index in [0.29, 0.717) is 18.4 Å². The highest BCUT2D eigenvalue weighted by molar-refractivity contribution is 7.89. The van der Waals surface area contributed by atoms with Crippen molar-refractivity contribution in [2.75, 3.05) is 19.6 Å². The van der Waals surface area contributed by atoms with Gasteiger partial charge in [0.05, 0.1) is 4.92 Å². The second-order valence-electron chi connectivity index (χ2n) is 9.50. The lowest BCUT2D eigenvalue weighted by molar-refractivity contribution is -0.387. The van der Waals surface area contributed by atoms with Gasteiger partial charge in [0.2, 0.25) is 10.0 Å². The smallest absolute Gasteiger partial charge is 0.289 e. The van der Waals surface area contributed by atoms with Gasteiger partial charge < -0.3 is 5.32 Å². The molecule has 33 heavy (non-hydrogen) atoms. The predicted molar refractivity (Wildman–Crippen MR) is 129 cm³/mol. The summed E-state index contributed by atoms with van der Waals surface area (Å²) in [5, 5.41) is 14.8. The molecule has 0 radical (unpaired) electrons. The molecule has 2 aliphatic rings. The maximum Gasteiger partial charge on any atom is 0.289 e. The van der Waals surface area contributed by atoms with E-state index in [1.165, 1.54) is 48.2 Å². The molecule has 4 rings (SSSR count). The van der Waals surface area contributed by atoms with Gasteiger partial charge in [0.1, 0.15) is 0 Å². The zero-order chi connectivity index (χ0) is 23.3. The second-order valence-corrected chi connectivity index (χ2v) is 11.2. The van der Waals surface area contributed by atoms with Crippen molar-refractivity contribution in [3.63, 3.8) is 0 Å². The minimum absolute atomic E-state index is 0.266. The van der Waals surface area contributed by atoms with Gasteiger partial charge in [-0.25, -0.2) is 13.1 Å². The normalized spacial score (nSPS) is 23.1. The minimum atomic E-state index is -3.90. The van der Waals surface area contributed by atoms with Crippen molar-refractivity contribution in [2.24, 2.45) is 17.8 Å². The van der Waals surface area contributed by atoms with Crippen LogP contribution < -0.4 is 10.0 Å². The van der Waals surface area contributed by atoms with Crippen LogP contribution in [0.2, 0.25) is 0 Å². The summed E-state index contributed by atoms with van der Waals surface area (Å²) in [6.45, 7) is 2.41. The molecule has 0 aromatic heterocycles. The van der Waals surface area contributed by atoms with Crippen molar-refractivity contribution in [1.29, 1.82) is 0 Å². The highest BCUT2D eigenvalue weighted by atomic mass is 32.2. The molecule has 1 atom stereocenters. The maximum atomic E-state index is 12.6. The summed E-state index contributed by atoms with van der Waals surface area (Å²) >= 11 is 0. The highest BCUT2D eigenvalue weighted by Crippen LogP contribution is 2.30. The van der Waals surface area contributed by atoms with E-state index in [2.05, 4.69) is 34.3 Å².